The third-order valence-corrected chi connectivity index (χ3v) is 5.86. The van der Waals surface area contributed by atoms with Crippen LogP contribution in [0.25, 0.3) is 11.0 Å². The first-order valence-electron chi connectivity index (χ1n) is 11.8. The van der Waals surface area contributed by atoms with Gasteiger partial charge in [0.1, 0.15) is 17.3 Å². The van der Waals surface area contributed by atoms with Crippen LogP contribution >= 0.6 is 0 Å². The number of rotatable bonds is 9. The zero-order valence-corrected chi connectivity index (χ0v) is 20.1. The van der Waals surface area contributed by atoms with Crippen molar-refractivity contribution in [2.45, 2.75) is 13.0 Å². The first kappa shape index (κ1) is 24.7. The number of amides is 1. The van der Waals surface area contributed by atoms with E-state index in [9.17, 15) is 18.4 Å². The molecule has 4 N–H and O–H groups in total. The van der Waals surface area contributed by atoms with Crippen molar-refractivity contribution >= 4 is 22.8 Å². The lowest BCUT2D eigenvalue weighted by Crippen LogP contribution is -2.24. The van der Waals surface area contributed by atoms with Crippen LogP contribution in [0.3, 0.4) is 0 Å². The van der Waals surface area contributed by atoms with Crippen molar-refractivity contribution in [3.63, 3.8) is 0 Å². The molecule has 2 heterocycles. The summed E-state index contributed by atoms with van der Waals surface area (Å²) in [5.41, 5.74) is 2.76. The lowest BCUT2D eigenvalue weighted by Gasteiger charge is -2.14. The Morgan fingerprint density at radius 2 is 1.76 bits per heavy atom. The molecule has 38 heavy (non-hydrogen) atoms. The quantitative estimate of drug-likeness (QED) is 0.223. The van der Waals surface area contributed by atoms with Crippen molar-refractivity contribution in [3.05, 3.63) is 118 Å². The van der Waals surface area contributed by atoms with Gasteiger partial charge in [-0.2, -0.15) is 0 Å². The van der Waals surface area contributed by atoms with E-state index in [1.54, 1.807) is 36.5 Å². The third kappa shape index (κ3) is 5.70. The number of fused-ring (bicyclic) bond motifs is 1. The van der Waals surface area contributed by atoms with Gasteiger partial charge in [-0.1, -0.05) is 24.3 Å². The Hall–Kier alpha value is -4.99. The first-order chi connectivity index (χ1) is 18.5. The van der Waals surface area contributed by atoms with Gasteiger partial charge in [0, 0.05) is 25.4 Å². The van der Waals surface area contributed by atoms with Crippen LogP contribution in [0.5, 0.6) is 11.5 Å². The van der Waals surface area contributed by atoms with E-state index in [4.69, 9.17) is 4.74 Å². The largest absolute Gasteiger partial charge is 0.457 e. The van der Waals surface area contributed by atoms with Crippen molar-refractivity contribution in [3.8, 4) is 11.5 Å². The highest BCUT2D eigenvalue weighted by molar-refractivity contribution is 5.98. The van der Waals surface area contributed by atoms with E-state index in [0.717, 1.165) is 17.7 Å². The predicted octanol–water partition coefficient (Wildman–Crippen LogP) is 4.91. The second-order valence-electron chi connectivity index (χ2n) is 8.50. The molecule has 5 aromatic rings. The Kier molecular flexibility index (Phi) is 7.12. The van der Waals surface area contributed by atoms with Crippen LogP contribution in [0.2, 0.25) is 0 Å². The fourth-order valence-corrected chi connectivity index (χ4v) is 3.98. The standard InChI is InChI=1S/C28H23F2N5O3/c29-21-9-7-17(14-22(21)30)16-33-27(36)20-5-3-12-31-26(20)32-13-11-18-4-1-2-6-25(18)38-19-8-10-23-24(15-19)35-28(37)34-23/h1-10,12,14-15H,11,13,16H2,(H,31,32)(H,33,36)(H2,34,35,37). The zero-order chi connectivity index (χ0) is 26.5. The molecule has 0 spiro atoms. The number of aromatic nitrogens is 3. The van der Waals surface area contributed by atoms with Gasteiger partial charge in [-0.05, 0) is 60.0 Å². The fourth-order valence-electron chi connectivity index (χ4n) is 3.98. The molecule has 8 nitrogen and oxygen atoms in total. The lowest BCUT2D eigenvalue weighted by molar-refractivity contribution is 0.0951. The molecular formula is C28H23F2N5O3. The third-order valence-electron chi connectivity index (χ3n) is 5.86. The average molecular weight is 516 g/mol. The van der Waals surface area contributed by atoms with Crippen LogP contribution in [0.15, 0.2) is 83.8 Å². The van der Waals surface area contributed by atoms with Gasteiger partial charge < -0.3 is 25.3 Å². The van der Waals surface area contributed by atoms with E-state index < -0.39 is 17.5 Å². The number of ether oxygens (including phenoxy) is 1. The number of halogens is 2. The molecule has 0 bridgehead atoms. The minimum absolute atomic E-state index is 0.0392. The number of carbonyl (C=O) groups is 1. The maximum Gasteiger partial charge on any atom is 0.323 e. The second-order valence-corrected chi connectivity index (χ2v) is 8.50. The summed E-state index contributed by atoms with van der Waals surface area (Å²) in [5.74, 6) is -0.661. The van der Waals surface area contributed by atoms with Crippen molar-refractivity contribution in [2.75, 3.05) is 11.9 Å². The fraction of sp³-hybridized carbons (Fsp3) is 0.107. The smallest absolute Gasteiger partial charge is 0.323 e. The number of aromatic amines is 2. The van der Waals surface area contributed by atoms with Gasteiger partial charge in [0.2, 0.25) is 0 Å². The minimum atomic E-state index is -0.968. The van der Waals surface area contributed by atoms with Crippen LogP contribution in [0, 0.1) is 11.6 Å². The van der Waals surface area contributed by atoms with E-state index in [0.29, 0.717) is 52.4 Å². The number of nitrogens with zero attached hydrogens (tertiary/aromatic N) is 1. The van der Waals surface area contributed by atoms with Crippen molar-refractivity contribution in [1.29, 1.82) is 0 Å². The maximum absolute atomic E-state index is 13.5. The normalized spacial score (nSPS) is 10.9. The van der Waals surface area contributed by atoms with Crippen LogP contribution in [-0.4, -0.2) is 27.4 Å². The summed E-state index contributed by atoms with van der Waals surface area (Å²) in [5, 5.41) is 5.90. The molecule has 1 amide bonds. The zero-order valence-electron chi connectivity index (χ0n) is 20.1. The number of H-pyrrole nitrogens is 2. The lowest BCUT2D eigenvalue weighted by atomic mass is 10.1. The van der Waals surface area contributed by atoms with E-state index in [1.165, 1.54) is 6.07 Å². The molecule has 0 saturated carbocycles. The molecule has 5 rings (SSSR count). The number of para-hydroxylation sites is 1. The highest BCUT2D eigenvalue weighted by Crippen LogP contribution is 2.27. The first-order valence-corrected chi connectivity index (χ1v) is 11.8. The van der Waals surface area contributed by atoms with Gasteiger partial charge in [-0.3, -0.25) is 4.79 Å². The number of hydrogen-bond donors (Lipinski definition) is 4. The molecule has 0 aliphatic rings. The number of hydrogen-bond acceptors (Lipinski definition) is 5. The van der Waals surface area contributed by atoms with Crippen molar-refractivity contribution < 1.29 is 18.3 Å². The summed E-state index contributed by atoms with van der Waals surface area (Å²) in [6.45, 7) is 0.503. The van der Waals surface area contributed by atoms with Crippen LogP contribution < -0.4 is 21.1 Å². The number of pyridine rings is 1. The molecule has 2 aromatic heterocycles. The Morgan fingerprint density at radius 3 is 2.63 bits per heavy atom. The molecule has 3 aromatic carbocycles. The maximum atomic E-state index is 13.5. The van der Waals surface area contributed by atoms with E-state index in [-0.39, 0.29) is 12.2 Å². The Morgan fingerprint density at radius 1 is 0.921 bits per heavy atom. The number of anilines is 1. The van der Waals surface area contributed by atoms with Crippen molar-refractivity contribution in [2.24, 2.45) is 0 Å². The molecule has 0 radical (unpaired) electrons. The van der Waals surface area contributed by atoms with Crippen LogP contribution in [0.4, 0.5) is 14.6 Å². The van der Waals surface area contributed by atoms with E-state index in [2.05, 4.69) is 25.6 Å². The van der Waals surface area contributed by atoms with Gasteiger partial charge in [0.05, 0.1) is 16.6 Å². The molecule has 0 fully saturated rings. The highest BCUT2D eigenvalue weighted by Gasteiger charge is 2.13. The van der Waals surface area contributed by atoms with Gasteiger partial charge in [0.15, 0.2) is 11.6 Å². The monoisotopic (exact) mass is 515 g/mol. The molecule has 0 atom stereocenters. The van der Waals surface area contributed by atoms with Gasteiger partial charge in [-0.15, -0.1) is 0 Å². The second kappa shape index (κ2) is 11.0. The van der Waals surface area contributed by atoms with Gasteiger partial charge >= 0.3 is 5.69 Å². The highest BCUT2D eigenvalue weighted by atomic mass is 19.2. The SMILES string of the molecule is O=C(NCc1ccc(F)c(F)c1)c1cccnc1NCCc1ccccc1Oc1ccc2[nH]c(=O)[nH]c2c1. The minimum Gasteiger partial charge on any atom is -0.457 e. The van der Waals surface area contributed by atoms with Crippen LogP contribution in [0.1, 0.15) is 21.5 Å². The predicted molar refractivity (Wildman–Crippen MR) is 139 cm³/mol. The summed E-state index contributed by atoms with van der Waals surface area (Å²) in [4.78, 5) is 34.0. The number of imidazole rings is 1. The molecule has 10 heteroatoms. The number of benzene rings is 3. The Balaban J connectivity index is 1.22. The molecular weight excluding hydrogens is 492 g/mol. The molecule has 192 valence electrons. The summed E-state index contributed by atoms with van der Waals surface area (Å²) in [6, 6.07) is 19.7. The number of carbonyl (C=O) groups excluding carboxylic acids is 1. The summed E-state index contributed by atoms with van der Waals surface area (Å²) < 4.78 is 32.7. The van der Waals surface area contributed by atoms with Crippen molar-refractivity contribution in [1.82, 2.24) is 20.3 Å². The van der Waals surface area contributed by atoms with E-state index >= 15 is 0 Å². The Bertz CT molecular complexity index is 1660. The summed E-state index contributed by atoms with van der Waals surface area (Å²) in [7, 11) is 0. The Labute approximate surface area is 215 Å². The molecule has 0 aliphatic heterocycles. The van der Waals surface area contributed by atoms with E-state index in [1.807, 2.05) is 24.3 Å². The summed E-state index contributed by atoms with van der Waals surface area (Å²) in [6.07, 6.45) is 2.15. The van der Waals surface area contributed by atoms with Crippen LogP contribution in [-0.2, 0) is 13.0 Å². The molecule has 0 unspecified atom stereocenters. The number of nitrogens with one attached hydrogen (secondary N) is 4. The van der Waals surface area contributed by atoms with Gasteiger partial charge in [-0.25, -0.2) is 18.6 Å². The molecule has 0 saturated heterocycles. The van der Waals surface area contributed by atoms with Gasteiger partial charge in [0.25, 0.3) is 5.91 Å². The topological polar surface area (TPSA) is 112 Å². The average Bonchev–Trinajstić information content (AvgIpc) is 3.29. The summed E-state index contributed by atoms with van der Waals surface area (Å²) >= 11 is 0. The molecule has 0 aliphatic carbocycles.